The second kappa shape index (κ2) is 55.7. The van der Waals surface area contributed by atoms with Gasteiger partial charge in [-0.15, -0.1) is 0 Å². The molecule has 442 valence electrons. The predicted molar refractivity (Wildman–Crippen MR) is 318 cm³/mol. The number of hydrogen-bond acceptors (Lipinski definition) is 8. The Balaban J connectivity index is 2.11. The first-order valence-electron chi connectivity index (χ1n) is 32.7. The second-order valence-electron chi connectivity index (χ2n) is 22.9. The highest BCUT2D eigenvalue weighted by Gasteiger charge is 2.44. The van der Waals surface area contributed by atoms with Gasteiger partial charge in [-0.2, -0.15) is 0 Å². The maximum atomic E-state index is 13.1. The van der Waals surface area contributed by atoms with Crippen LogP contribution in [-0.4, -0.2) is 87.5 Å². The quantitative estimate of drug-likeness (QED) is 0.0261. The number of carbonyl (C=O) groups excluding carboxylic acids is 1. The normalized spacial score (nSPS) is 19.1. The molecule has 0 aromatic rings. The van der Waals surface area contributed by atoms with Crippen LogP contribution in [-0.2, 0) is 14.3 Å². The Bertz CT molecular complexity index is 1270. The molecule has 9 heteroatoms. The maximum absolute atomic E-state index is 13.1. The smallest absolute Gasteiger partial charge is 0.220 e. The molecule has 0 bridgehead atoms. The minimum absolute atomic E-state index is 0.185. The molecule has 0 spiro atoms. The molecule has 1 fully saturated rings. The van der Waals surface area contributed by atoms with E-state index in [-0.39, 0.29) is 12.5 Å². The highest BCUT2D eigenvalue weighted by atomic mass is 16.7. The van der Waals surface area contributed by atoms with Gasteiger partial charge in [0.15, 0.2) is 6.29 Å². The van der Waals surface area contributed by atoms with E-state index in [0.717, 1.165) is 44.9 Å². The summed E-state index contributed by atoms with van der Waals surface area (Å²) in [5, 5.41) is 54.5. The molecule has 0 aromatic carbocycles. The van der Waals surface area contributed by atoms with Gasteiger partial charge in [-0.1, -0.05) is 307 Å². The summed E-state index contributed by atoms with van der Waals surface area (Å²) in [4.78, 5) is 13.1. The average molecular weight is 1060 g/mol. The van der Waals surface area contributed by atoms with Crippen molar-refractivity contribution in [2.24, 2.45) is 0 Å². The van der Waals surface area contributed by atoms with Crippen LogP contribution in [0.2, 0.25) is 0 Å². The molecule has 75 heavy (non-hydrogen) atoms. The van der Waals surface area contributed by atoms with Crippen molar-refractivity contribution < 1.29 is 39.8 Å². The van der Waals surface area contributed by atoms with Gasteiger partial charge in [-0.25, -0.2) is 0 Å². The van der Waals surface area contributed by atoms with E-state index in [1.165, 1.54) is 257 Å². The first kappa shape index (κ1) is 71.4. The lowest BCUT2D eigenvalue weighted by molar-refractivity contribution is -0.302. The van der Waals surface area contributed by atoms with Crippen LogP contribution in [0.15, 0.2) is 36.5 Å². The van der Waals surface area contributed by atoms with Crippen molar-refractivity contribution in [1.29, 1.82) is 0 Å². The number of aliphatic hydroxyl groups is 5. The van der Waals surface area contributed by atoms with Crippen LogP contribution >= 0.6 is 0 Å². The molecule has 1 amide bonds. The molecule has 7 atom stereocenters. The van der Waals surface area contributed by atoms with Gasteiger partial charge in [-0.3, -0.25) is 4.79 Å². The third kappa shape index (κ3) is 44.9. The fraction of sp³-hybridized carbons (Fsp3) is 0.894. The summed E-state index contributed by atoms with van der Waals surface area (Å²) in [6, 6.07) is -0.827. The third-order valence-electron chi connectivity index (χ3n) is 15.7. The molecule has 0 aliphatic carbocycles. The monoisotopic (exact) mass is 1060 g/mol. The van der Waals surface area contributed by atoms with Gasteiger partial charge in [-0.05, 0) is 44.9 Å². The number of amides is 1. The Morgan fingerprint density at radius 3 is 1.12 bits per heavy atom. The molecule has 0 radical (unpaired) electrons. The number of hydrogen-bond donors (Lipinski definition) is 6. The number of nitrogens with one attached hydrogen (secondary N) is 1. The van der Waals surface area contributed by atoms with Gasteiger partial charge < -0.3 is 40.3 Å². The summed E-state index contributed by atoms with van der Waals surface area (Å²) < 4.78 is 11.3. The molecular formula is C66H125NO8. The minimum Gasteiger partial charge on any atom is -0.394 e. The molecule has 7 unspecified atom stereocenters. The van der Waals surface area contributed by atoms with Crippen molar-refractivity contribution in [3.63, 3.8) is 0 Å². The van der Waals surface area contributed by atoms with E-state index in [0.29, 0.717) is 6.42 Å². The Kier molecular flexibility index (Phi) is 53.1. The fourth-order valence-corrected chi connectivity index (χ4v) is 10.5. The van der Waals surface area contributed by atoms with E-state index in [2.05, 4.69) is 43.5 Å². The zero-order valence-electron chi connectivity index (χ0n) is 49.3. The zero-order chi connectivity index (χ0) is 54.3. The van der Waals surface area contributed by atoms with Crippen LogP contribution in [0.25, 0.3) is 0 Å². The average Bonchev–Trinajstić information content (AvgIpc) is 3.41. The fourth-order valence-electron chi connectivity index (χ4n) is 10.5. The minimum atomic E-state index is -1.57. The van der Waals surface area contributed by atoms with E-state index < -0.39 is 49.5 Å². The van der Waals surface area contributed by atoms with Crippen molar-refractivity contribution in [2.75, 3.05) is 13.2 Å². The molecule has 6 N–H and O–H groups in total. The van der Waals surface area contributed by atoms with Crippen LogP contribution in [0, 0.1) is 0 Å². The van der Waals surface area contributed by atoms with Gasteiger partial charge in [0.1, 0.15) is 24.4 Å². The van der Waals surface area contributed by atoms with Crippen molar-refractivity contribution in [3.05, 3.63) is 36.5 Å². The van der Waals surface area contributed by atoms with Crippen LogP contribution in [0.5, 0.6) is 0 Å². The maximum Gasteiger partial charge on any atom is 0.220 e. The van der Waals surface area contributed by atoms with Crippen molar-refractivity contribution >= 4 is 5.91 Å². The Morgan fingerprint density at radius 2 is 0.760 bits per heavy atom. The van der Waals surface area contributed by atoms with Crippen LogP contribution in [0.3, 0.4) is 0 Å². The summed E-state index contributed by atoms with van der Waals surface area (Å²) in [7, 11) is 0. The van der Waals surface area contributed by atoms with E-state index in [4.69, 9.17) is 9.47 Å². The SMILES string of the molecule is CCCCCCCCCC/C=C/CC/C=C/CC/C=C/C(O)C(COC1OC(CO)C(O)C(O)C1O)NC(=O)CCCCCCCCCCCCCCCCCCCCCCCCCCCCCCCCCCCC. The zero-order valence-corrected chi connectivity index (χ0v) is 49.3. The number of ether oxygens (including phenoxy) is 2. The lowest BCUT2D eigenvalue weighted by Gasteiger charge is -2.40. The Labute approximate surface area is 463 Å². The van der Waals surface area contributed by atoms with Gasteiger partial charge in [0, 0.05) is 6.42 Å². The molecular weight excluding hydrogens is 935 g/mol. The lowest BCUT2D eigenvalue weighted by atomic mass is 9.99. The molecule has 1 saturated heterocycles. The van der Waals surface area contributed by atoms with Crippen LogP contribution < -0.4 is 5.32 Å². The van der Waals surface area contributed by atoms with E-state index in [9.17, 15) is 30.3 Å². The van der Waals surface area contributed by atoms with Crippen molar-refractivity contribution in [2.45, 2.75) is 365 Å². The first-order chi connectivity index (χ1) is 36.8. The largest absolute Gasteiger partial charge is 0.394 e. The standard InChI is InChI=1S/C66H125NO8/c1-3-5-7-9-11-13-15-17-19-21-23-24-25-26-27-28-29-30-31-32-33-34-35-36-37-38-40-42-44-46-48-50-52-54-56-62(70)67-59(58-74-66-65(73)64(72)63(71)61(57-68)75-66)60(69)55-53-51-49-47-45-43-41-39-22-20-18-16-14-12-10-8-6-4-2/h22,39,45,47,53,55,59-61,63-66,68-69,71-73H,3-21,23-38,40-44,46,48-52,54,56-58H2,1-2H3,(H,67,70)/b39-22+,47-45+,55-53+. The second-order valence-corrected chi connectivity index (χ2v) is 22.9. The van der Waals surface area contributed by atoms with Gasteiger partial charge in [0.25, 0.3) is 0 Å². The molecule has 9 nitrogen and oxygen atoms in total. The van der Waals surface area contributed by atoms with Crippen molar-refractivity contribution in [1.82, 2.24) is 5.32 Å². The summed E-state index contributed by atoms with van der Waals surface area (Å²) in [5.41, 5.74) is 0. The van der Waals surface area contributed by atoms with Crippen LogP contribution in [0.1, 0.15) is 322 Å². The number of allylic oxidation sites excluding steroid dienone is 5. The summed E-state index contributed by atoms with van der Waals surface area (Å²) in [5.74, 6) is -0.185. The lowest BCUT2D eigenvalue weighted by Crippen LogP contribution is -2.60. The van der Waals surface area contributed by atoms with Gasteiger partial charge in [0.05, 0.1) is 25.4 Å². The van der Waals surface area contributed by atoms with E-state index >= 15 is 0 Å². The summed E-state index contributed by atoms with van der Waals surface area (Å²) in [6.45, 7) is 3.79. The van der Waals surface area contributed by atoms with Crippen LogP contribution in [0.4, 0.5) is 0 Å². The highest BCUT2D eigenvalue weighted by molar-refractivity contribution is 5.76. The molecule has 1 rings (SSSR count). The Hall–Kier alpha value is -1.59. The number of rotatable bonds is 57. The first-order valence-corrected chi connectivity index (χ1v) is 32.7. The predicted octanol–water partition coefficient (Wildman–Crippen LogP) is 17.1. The number of unbranched alkanes of at least 4 members (excludes halogenated alkanes) is 43. The molecule has 1 heterocycles. The molecule has 1 aliphatic rings. The van der Waals surface area contributed by atoms with E-state index in [1.54, 1.807) is 6.08 Å². The molecule has 0 saturated carbocycles. The van der Waals surface area contributed by atoms with Gasteiger partial charge >= 0.3 is 0 Å². The Morgan fingerprint density at radius 1 is 0.440 bits per heavy atom. The third-order valence-corrected chi connectivity index (χ3v) is 15.7. The summed E-state index contributed by atoms with van der Waals surface area (Å²) in [6.07, 6.45) is 66.8. The molecule has 0 aromatic heterocycles. The topological polar surface area (TPSA) is 149 Å². The highest BCUT2D eigenvalue weighted by Crippen LogP contribution is 2.23. The van der Waals surface area contributed by atoms with Gasteiger partial charge in [0.2, 0.25) is 5.91 Å². The summed E-state index contributed by atoms with van der Waals surface area (Å²) >= 11 is 0. The van der Waals surface area contributed by atoms with E-state index in [1.807, 2.05) is 6.08 Å². The molecule has 1 aliphatic heterocycles. The number of carbonyl (C=O) groups is 1. The number of aliphatic hydroxyl groups excluding tert-OH is 5. The van der Waals surface area contributed by atoms with Crippen molar-refractivity contribution in [3.8, 4) is 0 Å².